The lowest BCUT2D eigenvalue weighted by atomic mass is 10.1. The van der Waals surface area contributed by atoms with Gasteiger partial charge in [0, 0.05) is 22.8 Å². The van der Waals surface area contributed by atoms with Crippen LogP contribution < -0.4 is 5.32 Å². The van der Waals surface area contributed by atoms with Crippen molar-refractivity contribution in [3.05, 3.63) is 81.8 Å². The van der Waals surface area contributed by atoms with Crippen molar-refractivity contribution in [3.63, 3.8) is 0 Å². The third-order valence-corrected chi connectivity index (χ3v) is 4.22. The Morgan fingerprint density at radius 3 is 2.76 bits per heavy atom. The number of aromatic nitrogens is 2. The number of benzene rings is 2. The summed E-state index contributed by atoms with van der Waals surface area (Å²) in [5.74, 6) is -0.133. The number of anilines is 1. The summed E-state index contributed by atoms with van der Waals surface area (Å²) in [7, 11) is 0. The minimum Gasteiger partial charge on any atom is -0.305 e. The van der Waals surface area contributed by atoms with Crippen molar-refractivity contribution in [2.45, 2.75) is 20.4 Å². The molecule has 3 aromatic rings. The average Bonchev–Trinajstić information content (AvgIpc) is 2.99. The van der Waals surface area contributed by atoms with Crippen LogP contribution in [0, 0.1) is 19.7 Å². The summed E-state index contributed by atoms with van der Waals surface area (Å²) in [6.45, 7) is 4.22. The van der Waals surface area contributed by atoms with Crippen LogP contribution in [0.2, 0.25) is 5.02 Å². The first-order valence-corrected chi connectivity index (χ1v) is 8.16. The molecule has 3 rings (SSSR count). The van der Waals surface area contributed by atoms with E-state index in [0.717, 1.165) is 16.7 Å². The number of carbonyl (C=O) groups is 1. The minimum absolute atomic E-state index is 0.203. The van der Waals surface area contributed by atoms with Crippen LogP contribution in [0.1, 0.15) is 27.0 Å². The molecule has 25 heavy (non-hydrogen) atoms. The van der Waals surface area contributed by atoms with Gasteiger partial charge in [0.2, 0.25) is 0 Å². The van der Waals surface area contributed by atoms with Gasteiger partial charge in [-0.1, -0.05) is 35.4 Å². The molecule has 1 N–H and O–H groups in total. The monoisotopic (exact) mass is 357 g/mol. The zero-order chi connectivity index (χ0) is 18.0. The third-order valence-electron chi connectivity index (χ3n) is 3.87. The molecular formula is C19H17ClFN3O. The molecule has 0 bridgehead atoms. The Kier molecular flexibility index (Phi) is 4.86. The Bertz CT molecular complexity index is 936. The van der Waals surface area contributed by atoms with Gasteiger partial charge in [-0.15, -0.1) is 0 Å². The second-order valence-electron chi connectivity index (χ2n) is 5.91. The molecule has 0 aliphatic heterocycles. The summed E-state index contributed by atoms with van der Waals surface area (Å²) in [4.78, 5) is 12.4. The van der Waals surface area contributed by atoms with Gasteiger partial charge in [-0.2, -0.15) is 5.10 Å². The molecule has 0 aliphatic carbocycles. The number of amides is 1. The first-order valence-electron chi connectivity index (χ1n) is 7.78. The van der Waals surface area contributed by atoms with Crippen LogP contribution in [0.25, 0.3) is 0 Å². The molecule has 1 heterocycles. The van der Waals surface area contributed by atoms with Gasteiger partial charge in [0.15, 0.2) is 5.82 Å². The molecule has 0 saturated heterocycles. The van der Waals surface area contributed by atoms with Crippen molar-refractivity contribution >= 4 is 23.3 Å². The number of hydrogen-bond acceptors (Lipinski definition) is 2. The molecule has 0 saturated carbocycles. The predicted molar refractivity (Wildman–Crippen MR) is 96.6 cm³/mol. The minimum atomic E-state index is -0.379. The highest BCUT2D eigenvalue weighted by molar-refractivity contribution is 6.31. The van der Waals surface area contributed by atoms with E-state index in [4.69, 9.17) is 11.6 Å². The Labute approximate surface area is 150 Å². The normalized spacial score (nSPS) is 10.7. The number of halogens is 2. The second kappa shape index (κ2) is 7.07. The fourth-order valence-corrected chi connectivity index (χ4v) is 2.73. The molecule has 0 radical (unpaired) electrons. The van der Waals surface area contributed by atoms with E-state index >= 15 is 0 Å². The topological polar surface area (TPSA) is 46.9 Å². The second-order valence-corrected chi connectivity index (χ2v) is 6.31. The van der Waals surface area contributed by atoms with Gasteiger partial charge in [0.05, 0.1) is 6.54 Å². The van der Waals surface area contributed by atoms with Gasteiger partial charge in [-0.25, -0.2) is 4.39 Å². The SMILES string of the molecule is Cc1ccc(C)c(C(=O)Nc2ccn(Cc3ccc(F)cc3Cl)n2)c1. The Morgan fingerprint density at radius 2 is 2.00 bits per heavy atom. The lowest BCUT2D eigenvalue weighted by Gasteiger charge is -2.07. The summed E-state index contributed by atoms with van der Waals surface area (Å²) in [5, 5.41) is 7.46. The van der Waals surface area contributed by atoms with Gasteiger partial charge in [0.25, 0.3) is 5.91 Å². The Morgan fingerprint density at radius 1 is 1.20 bits per heavy atom. The van der Waals surface area contributed by atoms with E-state index in [1.165, 1.54) is 12.1 Å². The van der Waals surface area contributed by atoms with Crippen LogP contribution in [-0.2, 0) is 6.54 Å². The van der Waals surface area contributed by atoms with Gasteiger partial charge in [-0.05, 0) is 43.2 Å². The molecule has 0 atom stereocenters. The Hall–Kier alpha value is -2.66. The lowest BCUT2D eigenvalue weighted by molar-refractivity contribution is 0.102. The highest BCUT2D eigenvalue weighted by Gasteiger charge is 2.11. The van der Waals surface area contributed by atoms with Crippen LogP contribution in [-0.4, -0.2) is 15.7 Å². The number of rotatable bonds is 4. The van der Waals surface area contributed by atoms with Crippen LogP contribution >= 0.6 is 11.6 Å². The van der Waals surface area contributed by atoms with E-state index < -0.39 is 0 Å². The fraction of sp³-hybridized carbons (Fsp3) is 0.158. The highest BCUT2D eigenvalue weighted by Crippen LogP contribution is 2.19. The average molecular weight is 358 g/mol. The van der Waals surface area contributed by atoms with Crippen molar-refractivity contribution in [2.75, 3.05) is 5.32 Å². The van der Waals surface area contributed by atoms with E-state index in [1.54, 1.807) is 23.0 Å². The molecule has 1 aromatic heterocycles. The molecule has 0 unspecified atom stereocenters. The molecule has 0 fully saturated rings. The maximum atomic E-state index is 13.1. The van der Waals surface area contributed by atoms with E-state index in [9.17, 15) is 9.18 Å². The van der Waals surface area contributed by atoms with E-state index in [-0.39, 0.29) is 11.7 Å². The summed E-state index contributed by atoms with van der Waals surface area (Å²) < 4.78 is 14.7. The Balaban J connectivity index is 1.73. The molecule has 2 aromatic carbocycles. The molecule has 1 amide bonds. The maximum Gasteiger partial charge on any atom is 0.257 e. The fourth-order valence-electron chi connectivity index (χ4n) is 2.50. The van der Waals surface area contributed by atoms with Crippen molar-refractivity contribution < 1.29 is 9.18 Å². The summed E-state index contributed by atoms with van der Waals surface area (Å²) in [6, 6.07) is 11.7. The van der Waals surface area contributed by atoms with Crippen molar-refractivity contribution in [1.29, 1.82) is 0 Å². The smallest absolute Gasteiger partial charge is 0.257 e. The summed E-state index contributed by atoms with van der Waals surface area (Å²) >= 11 is 6.03. The zero-order valence-electron chi connectivity index (χ0n) is 13.9. The van der Waals surface area contributed by atoms with E-state index in [1.807, 2.05) is 32.0 Å². The molecule has 4 nitrogen and oxygen atoms in total. The highest BCUT2D eigenvalue weighted by atomic mass is 35.5. The van der Waals surface area contributed by atoms with E-state index in [2.05, 4.69) is 10.4 Å². The molecule has 0 spiro atoms. The van der Waals surface area contributed by atoms with Gasteiger partial charge >= 0.3 is 0 Å². The first kappa shape index (κ1) is 17.2. The van der Waals surface area contributed by atoms with Crippen LogP contribution in [0.5, 0.6) is 0 Å². The van der Waals surface area contributed by atoms with Crippen molar-refractivity contribution in [1.82, 2.24) is 9.78 Å². The van der Waals surface area contributed by atoms with Crippen molar-refractivity contribution in [3.8, 4) is 0 Å². The van der Waals surface area contributed by atoms with Crippen LogP contribution in [0.15, 0.2) is 48.7 Å². The predicted octanol–water partition coefficient (Wildman–Crippen LogP) is 4.59. The van der Waals surface area contributed by atoms with Crippen LogP contribution in [0.4, 0.5) is 10.2 Å². The standard InChI is InChI=1S/C19H17ClFN3O/c1-12-3-4-13(2)16(9-12)19(25)22-18-7-8-24(23-18)11-14-5-6-15(21)10-17(14)20/h3-10H,11H2,1-2H3,(H,22,23,25). The summed E-state index contributed by atoms with van der Waals surface area (Å²) in [5.41, 5.74) is 3.29. The molecule has 0 aliphatic rings. The number of aryl methyl sites for hydroxylation is 2. The molecule has 6 heteroatoms. The number of nitrogens with one attached hydrogen (secondary N) is 1. The number of hydrogen-bond donors (Lipinski definition) is 1. The largest absolute Gasteiger partial charge is 0.305 e. The van der Waals surface area contributed by atoms with Gasteiger partial charge < -0.3 is 5.32 Å². The van der Waals surface area contributed by atoms with Crippen molar-refractivity contribution in [2.24, 2.45) is 0 Å². The van der Waals surface area contributed by atoms with Crippen LogP contribution in [0.3, 0.4) is 0 Å². The number of carbonyl (C=O) groups excluding carboxylic acids is 1. The number of nitrogens with zero attached hydrogens (tertiary/aromatic N) is 2. The third kappa shape index (κ3) is 4.06. The maximum absolute atomic E-state index is 13.1. The zero-order valence-corrected chi connectivity index (χ0v) is 14.6. The lowest BCUT2D eigenvalue weighted by Crippen LogP contribution is -2.14. The molecular weight excluding hydrogens is 341 g/mol. The summed E-state index contributed by atoms with van der Waals surface area (Å²) in [6.07, 6.45) is 1.73. The first-order chi connectivity index (χ1) is 11.9. The van der Waals surface area contributed by atoms with Gasteiger partial charge in [-0.3, -0.25) is 9.48 Å². The quantitative estimate of drug-likeness (QED) is 0.742. The van der Waals surface area contributed by atoms with Gasteiger partial charge in [0.1, 0.15) is 5.82 Å². The molecule has 128 valence electrons. The van der Waals surface area contributed by atoms with E-state index in [0.29, 0.717) is 22.9 Å².